The van der Waals surface area contributed by atoms with E-state index in [4.69, 9.17) is 39.5 Å². The van der Waals surface area contributed by atoms with Crippen molar-refractivity contribution in [3.05, 3.63) is 97.8 Å². The Labute approximate surface area is 198 Å². The van der Waals surface area contributed by atoms with Crippen molar-refractivity contribution in [1.29, 1.82) is 0 Å². The number of rotatable bonds is 5. The van der Waals surface area contributed by atoms with Gasteiger partial charge in [-0.2, -0.15) is 0 Å². The number of thioether (sulfide) groups is 1. The van der Waals surface area contributed by atoms with Crippen LogP contribution in [0, 0.1) is 0 Å². The van der Waals surface area contributed by atoms with Crippen LogP contribution in [0.2, 0.25) is 15.1 Å². The Bertz CT molecular complexity index is 1200. The number of ether oxygens (including phenoxy) is 1. The summed E-state index contributed by atoms with van der Waals surface area (Å²) in [4.78, 5) is 17.4. The highest BCUT2D eigenvalue weighted by Gasteiger charge is 2.24. The quantitative estimate of drug-likeness (QED) is 0.388. The van der Waals surface area contributed by atoms with Crippen LogP contribution in [0.15, 0.2) is 76.6 Å². The van der Waals surface area contributed by atoms with Gasteiger partial charge in [0.2, 0.25) is 0 Å². The lowest BCUT2D eigenvalue weighted by atomic mass is 10.1. The summed E-state index contributed by atoms with van der Waals surface area (Å²) in [5, 5.41) is 4.91. The molecule has 156 valence electrons. The monoisotopic (exact) mass is 488 g/mol. The van der Waals surface area contributed by atoms with E-state index in [1.807, 2.05) is 36.4 Å². The molecule has 0 bridgehead atoms. The van der Waals surface area contributed by atoms with Gasteiger partial charge in [0.25, 0.3) is 5.91 Å². The zero-order valence-corrected chi connectivity index (χ0v) is 19.0. The third-order valence-electron chi connectivity index (χ3n) is 4.29. The number of amidine groups is 1. The highest BCUT2D eigenvalue weighted by atomic mass is 35.5. The number of aliphatic imine (C=N–C) groups is 1. The molecule has 31 heavy (non-hydrogen) atoms. The predicted octanol–water partition coefficient (Wildman–Crippen LogP) is 7.12. The largest absolute Gasteiger partial charge is 0.488 e. The predicted molar refractivity (Wildman–Crippen MR) is 129 cm³/mol. The Hall–Kier alpha value is -2.44. The van der Waals surface area contributed by atoms with Crippen molar-refractivity contribution in [3.8, 4) is 5.75 Å². The van der Waals surface area contributed by atoms with Crippen molar-refractivity contribution in [1.82, 2.24) is 5.32 Å². The number of amides is 1. The Kier molecular flexibility index (Phi) is 6.88. The topological polar surface area (TPSA) is 50.7 Å². The number of carbonyl (C=O) groups excluding carboxylic acids is 1. The highest BCUT2D eigenvalue weighted by molar-refractivity contribution is 8.18. The summed E-state index contributed by atoms with van der Waals surface area (Å²) in [6, 6.07) is 19.9. The number of hydrogen-bond donors (Lipinski definition) is 1. The average molecular weight is 490 g/mol. The molecule has 0 atom stereocenters. The van der Waals surface area contributed by atoms with Crippen LogP contribution in [0.4, 0.5) is 5.69 Å². The maximum absolute atomic E-state index is 12.4. The number of halogens is 3. The maximum Gasteiger partial charge on any atom is 0.264 e. The molecular weight excluding hydrogens is 475 g/mol. The molecule has 0 saturated carbocycles. The first-order valence-corrected chi connectivity index (χ1v) is 11.1. The molecule has 0 radical (unpaired) electrons. The molecule has 3 aromatic carbocycles. The molecule has 8 heteroatoms. The minimum absolute atomic E-state index is 0.230. The van der Waals surface area contributed by atoms with Crippen molar-refractivity contribution in [2.24, 2.45) is 4.99 Å². The molecule has 1 aliphatic rings. The summed E-state index contributed by atoms with van der Waals surface area (Å²) in [6.07, 6.45) is 1.73. The van der Waals surface area contributed by atoms with E-state index < -0.39 is 0 Å². The number of nitrogens with one attached hydrogen (secondary N) is 1. The molecule has 0 unspecified atom stereocenters. The van der Waals surface area contributed by atoms with E-state index in [-0.39, 0.29) is 12.5 Å². The summed E-state index contributed by atoms with van der Waals surface area (Å²) < 4.78 is 5.96. The third kappa shape index (κ3) is 5.63. The Morgan fingerprint density at radius 2 is 1.71 bits per heavy atom. The fourth-order valence-corrected chi connectivity index (χ4v) is 4.28. The molecule has 3 aromatic rings. The van der Waals surface area contributed by atoms with Crippen LogP contribution in [0.5, 0.6) is 5.75 Å². The van der Waals surface area contributed by atoms with E-state index in [9.17, 15) is 4.79 Å². The molecule has 1 heterocycles. The summed E-state index contributed by atoms with van der Waals surface area (Å²) in [5.74, 6) is 0.344. The summed E-state index contributed by atoms with van der Waals surface area (Å²) in [5.41, 5.74) is 2.24. The molecule has 0 spiro atoms. The molecule has 1 amide bonds. The van der Waals surface area contributed by atoms with Gasteiger partial charge < -0.3 is 10.1 Å². The normalized spacial score (nSPS) is 16.0. The van der Waals surface area contributed by atoms with Crippen LogP contribution >= 0.6 is 46.6 Å². The van der Waals surface area contributed by atoms with E-state index in [0.717, 1.165) is 11.3 Å². The third-order valence-corrected chi connectivity index (χ3v) is 6.03. The number of hydrogen-bond acceptors (Lipinski definition) is 4. The van der Waals surface area contributed by atoms with Crippen molar-refractivity contribution in [2.75, 3.05) is 0 Å². The Balaban J connectivity index is 1.56. The van der Waals surface area contributed by atoms with Crippen LogP contribution in [0.1, 0.15) is 11.1 Å². The molecule has 1 saturated heterocycles. The van der Waals surface area contributed by atoms with Gasteiger partial charge in [-0.15, -0.1) is 0 Å². The van der Waals surface area contributed by atoms with Gasteiger partial charge >= 0.3 is 0 Å². The van der Waals surface area contributed by atoms with Gasteiger partial charge in [-0.1, -0.05) is 59.1 Å². The summed E-state index contributed by atoms with van der Waals surface area (Å²) >= 11 is 19.6. The van der Waals surface area contributed by atoms with Crippen LogP contribution in [-0.4, -0.2) is 11.1 Å². The van der Waals surface area contributed by atoms with Gasteiger partial charge in [0.15, 0.2) is 5.17 Å². The zero-order chi connectivity index (χ0) is 21.8. The smallest absolute Gasteiger partial charge is 0.264 e. The number of para-hydroxylation sites is 1. The van der Waals surface area contributed by atoms with Crippen LogP contribution in [-0.2, 0) is 11.4 Å². The summed E-state index contributed by atoms with van der Waals surface area (Å²) in [6.45, 7) is 0.244. The molecule has 1 aliphatic heterocycles. The Morgan fingerprint density at radius 3 is 2.48 bits per heavy atom. The second kappa shape index (κ2) is 9.79. The molecular formula is C23H15Cl3N2O2S. The lowest BCUT2D eigenvalue weighted by Gasteiger charge is -2.11. The van der Waals surface area contributed by atoms with Gasteiger partial charge in [-0.3, -0.25) is 4.79 Å². The first-order valence-electron chi connectivity index (χ1n) is 9.19. The number of benzene rings is 3. The maximum atomic E-state index is 12.4. The van der Waals surface area contributed by atoms with Gasteiger partial charge in [0, 0.05) is 26.2 Å². The highest BCUT2D eigenvalue weighted by Crippen LogP contribution is 2.32. The van der Waals surface area contributed by atoms with Crippen LogP contribution in [0.25, 0.3) is 6.08 Å². The molecule has 0 aliphatic carbocycles. The van der Waals surface area contributed by atoms with Crippen LogP contribution < -0.4 is 10.1 Å². The lowest BCUT2D eigenvalue weighted by Crippen LogP contribution is -2.19. The van der Waals surface area contributed by atoms with Crippen molar-refractivity contribution >= 4 is 69.4 Å². The Morgan fingerprint density at radius 1 is 0.968 bits per heavy atom. The first-order chi connectivity index (χ1) is 15.0. The second-order valence-electron chi connectivity index (χ2n) is 6.52. The van der Waals surface area contributed by atoms with Gasteiger partial charge in [-0.05, 0) is 60.3 Å². The van der Waals surface area contributed by atoms with Gasteiger partial charge in [0.05, 0.1) is 10.6 Å². The number of carbonyl (C=O) groups is 1. The SMILES string of the molecule is O=C1NC(=Nc2ccccc2)S/C1=C\c1cc(Cl)ccc1OCc1ccc(Cl)cc1Cl. The van der Waals surface area contributed by atoms with Gasteiger partial charge in [-0.25, -0.2) is 4.99 Å². The minimum atomic E-state index is -0.230. The first kappa shape index (κ1) is 21.8. The fraction of sp³-hybridized carbons (Fsp3) is 0.0435. The summed E-state index contributed by atoms with van der Waals surface area (Å²) in [7, 11) is 0. The van der Waals surface area contributed by atoms with Crippen molar-refractivity contribution in [3.63, 3.8) is 0 Å². The lowest BCUT2D eigenvalue weighted by molar-refractivity contribution is -0.115. The average Bonchev–Trinajstić information content (AvgIpc) is 3.08. The van der Waals surface area contributed by atoms with E-state index in [0.29, 0.717) is 36.5 Å². The second-order valence-corrected chi connectivity index (χ2v) is 8.83. The minimum Gasteiger partial charge on any atom is -0.488 e. The molecule has 4 rings (SSSR count). The van der Waals surface area contributed by atoms with Crippen LogP contribution in [0.3, 0.4) is 0 Å². The standard InChI is InChI=1S/C23H15Cl3N2O2S/c24-16-8-9-20(30-13-14-6-7-17(25)12-19(14)26)15(10-16)11-21-22(29)28-23(31-21)27-18-4-2-1-3-5-18/h1-12H,13H2,(H,27,28,29)/b21-11-. The molecule has 0 aromatic heterocycles. The zero-order valence-electron chi connectivity index (χ0n) is 15.9. The van der Waals surface area contributed by atoms with Crippen molar-refractivity contribution < 1.29 is 9.53 Å². The fourth-order valence-electron chi connectivity index (χ4n) is 2.80. The number of nitrogens with zero attached hydrogens (tertiary/aromatic N) is 1. The van der Waals surface area contributed by atoms with E-state index in [1.54, 1.807) is 36.4 Å². The van der Waals surface area contributed by atoms with Gasteiger partial charge in [0.1, 0.15) is 12.4 Å². The van der Waals surface area contributed by atoms with Crippen molar-refractivity contribution in [2.45, 2.75) is 6.61 Å². The molecule has 1 fully saturated rings. The van der Waals surface area contributed by atoms with E-state index >= 15 is 0 Å². The molecule has 4 nitrogen and oxygen atoms in total. The van der Waals surface area contributed by atoms with E-state index in [1.165, 1.54) is 11.8 Å². The van der Waals surface area contributed by atoms with E-state index in [2.05, 4.69) is 10.3 Å². The molecule has 1 N–H and O–H groups in total.